The Balaban J connectivity index is 1.44. The van der Waals surface area contributed by atoms with Gasteiger partial charge in [-0.1, -0.05) is 24.3 Å². The zero-order chi connectivity index (χ0) is 32.4. The van der Waals surface area contributed by atoms with Gasteiger partial charge >= 0.3 is 12.0 Å². The van der Waals surface area contributed by atoms with Crippen LogP contribution in [0.25, 0.3) is 21.8 Å². The number of nitriles is 1. The number of carbonyl (C=O) groups excluding carboxylic acids is 1. The number of aryl methyl sites for hydroxylation is 1. The average Bonchev–Trinajstić information content (AvgIpc) is 3.61. The van der Waals surface area contributed by atoms with Crippen molar-refractivity contribution >= 4 is 33.6 Å². The van der Waals surface area contributed by atoms with Gasteiger partial charge in [0.15, 0.2) is 5.82 Å². The van der Waals surface area contributed by atoms with Crippen molar-refractivity contribution in [2.75, 3.05) is 44.7 Å². The molecule has 4 heterocycles. The second-order valence-corrected chi connectivity index (χ2v) is 13.6. The fourth-order valence-electron chi connectivity index (χ4n) is 6.54. The van der Waals surface area contributed by atoms with E-state index in [1.165, 1.54) is 0 Å². The molecule has 2 aliphatic rings. The van der Waals surface area contributed by atoms with Gasteiger partial charge in [0, 0.05) is 56.4 Å². The molecule has 2 aromatic carbocycles. The molecule has 10 nitrogen and oxygen atoms in total. The van der Waals surface area contributed by atoms with Gasteiger partial charge in [0.1, 0.15) is 23.4 Å². The van der Waals surface area contributed by atoms with E-state index in [1.54, 1.807) is 0 Å². The number of nitrogens with zero attached hydrogens (tertiary/aromatic N) is 6. The van der Waals surface area contributed by atoms with Crippen molar-refractivity contribution in [3.8, 4) is 17.8 Å². The van der Waals surface area contributed by atoms with E-state index in [2.05, 4.69) is 58.1 Å². The molecule has 0 bridgehead atoms. The van der Waals surface area contributed by atoms with Crippen LogP contribution in [-0.2, 0) is 17.8 Å². The standard InChI is InChI=1S/C36H45N7O3/c1-6-42-21-26(18-25-20-29(46-34(44)36(2,3)4)19-24-10-7-8-12-30(24)25)31-32(42)33(43-17-15-38-27(22-43)13-14-37)40-35(39-31)45-23-28-11-9-16-41(28)5/h7-8,10,12,19-21,27-28,38H,6,9,11,13,15-18,22-23H2,1-5H3/t27-,28-/m0/s1. The van der Waals surface area contributed by atoms with E-state index in [-0.39, 0.29) is 12.0 Å². The molecule has 2 fully saturated rings. The van der Waals surface area contributed by atoms with Gasteiger partial charge in [0.2, 0.25) is 0 Å². The SMILES string of the molecule is CCn1cc(Cc2cc(OC(=O)C(C)(C)C)cc3ccccc23)c2nc(OC[C@@H]3CCCN3C)nc(N3CCN[C@@H](CC#N)C3)c21. The van der Waals surface area contributed by atoms with E-state index in [9.17, 15) is 10.1 Å². The van der Waals surface area contributed by atoms with E-state index < -0.39 is 5.41 Å². The summed E-state index contributed by atoms with van der Waals surface area (Å²) in [5.41, 5.74) is 3.32. The molecule has 2 atom stereocenters. The van der Waals surface area contributed by atoms with Crippen LogP contribution in [0.5, 0.6) is 11.8 Å². The van der Waals surface area contributed by atoms with Crippen LogP contribution in [-0.4, -0.2) is 77.3 Å². The van der Waals surface area contributed by atoms with Gasteiger partial charge in [-0.3, -0.25) is 4.79 Å². The van der Waals surface area contributed by atoms with Crippen molar-refractivity contribution < 1.29 is 14.3 Å². The average molecular weight is 624 g/mol. The number of hydrogen-bond donors (Lipinski definition) is 1. The Morgan fingerprint density at radius 3 is 2.72 bits per heavy atom. The van der Waals surface area contributed by atoms with E-state index in [1.807, 2.05) is 45.0 Å². The van der Waals surface area contributed by atoms with Gasteiger partial charge in [0.25, 0.3) is 0 Å². The number of esters is 1. The van der Waals surface area contributed by atoms with Crippen molar-refractivity contribution in [1.82, 2.24) is 24.8 Å². The highest BCUT2D eigenvalue weighted by Gasteiger charge is 2.28. The fraction of sp³-hybridized carbons (Fsp3) is 0.500. The summed E-state index contributed by atoms with van der Waals surface area (Å²) < 4.78 is 14.5. The third-order valence-corrected chi connectivity index (χ3v) is 9.18. The first-order valence-corrected chi connectivity index (χ1v) is 16.5. The zero-order valence-corrected chi connectivity index (χ0v) is 27.7. The quantitative estimate of drug-likeness (QED) is 0.196. The largest absolute Gasteiger partial charge is 0.462 e. The van der Waals surface area contributed by atoms with Gasteiger partial charge < -0.3 is 29.2 Å². The number of carbonyl (C=O) groups is 1. The normalized spacial score (nSPS) is 19.1. The lowest BCUT2D eigenvalue weighted by molar-refractivity contribution is -0.142. The molecule has 10 heteroatoms. The minimum absolute atomic E-state index is 0.0645. The molecule has 242 valence electrons. The van der Waals surface area contributed by atoms with Crippen LogP contribution in [0, 0.1) is 16.7 Å². The summed E-state index contributed by atoms with van der Waals surface area (Å²) >= 11 is 0. The van der Waals surface area contributed by atoms with Gasteiger partial charge in [-0.05, 0) is 82.6 Å². The minimum Gasteiger partial charge on any atom is -0.462 e. The summed E-state index contributed by atoms with van der Waals surface area (Å²) in [6.07, 6.45) is 5.46. The zero-order valence-electron chi connectivity index (χ0n) is 27.7. The Hall–Kier alpha value is -4.20. The maximum atomic E-state index is 12.8. The lowest BCUT2D eigenvalue weighted by atomic mass is 9.97. The van der Waals surface area contributed by atoms with Crippen LogP contribution in [0.3, 0.4) is 0 Å². The first kappa shape index (κ1) is 31.8. The molecule has 1 N–H and O–H groups in total. The second kappa shape index (κ2) is 13.3. The van der Waals surface area contributed by atoms with Crippen LogP contribution < -0.4 is 19.7 Å². The number of benzene rings is 2. The second-order valence-electron chi connectivity index (χ2n) is 13.6. The van der Waals surface area contributed by atoms with Crippen LogP contribution in [0.2, 0.25) is 0 Å². The number of fused-ring (bicyclic) bond motifs is 2. The topological polar surface area (TPSA) is 109 Å². The van der Waals surface area contributed by atoms with E-state index in [4.69, 9.17) is 19.4 Å². The van der Waals surface area contributed by atoms with Crippen LogP contribution in [0.4, 0.5) is 5.82 Å². The van der Waals surface area contributed by atoms with Crippen molar-refractivity contribution in [1.29, 1.82) is 5.26 Å². The molecular weight excluding hydrogens is 578 g/mol. The van der Waals surface area contributed by atoms with Crippen LogP contribution in [0.15, 0.2) is 42.6 Å². The smallest absolute Gasteiger partial charge is 0.319 e. The Morgan fingerprint density at radius 2 is 1.98 bits per heavy atom. The molecule has 4 aromatic rings. The summed E-state index contributed by atoms with van der Waals surface area (Å²) in [4.78, 5) is 27.6. The first-order valence-electron chi connectivity index (χ1n) is 16.5. The summed E-state index contributed by atoms with van der Waals surface area (Å²) in [6, 6.07) is 15.2. The van der Waals surface area contributed by atoms with Gasteiger partial charge in [-0.25, -0.2) is 0 Å². The Labute approximate surface area is 271 Å². The summed E-state index contributed by atoms with van der Waals surface area (Å²) in [6.45, 7) is 12.3. The number of anilines is 1. The molecule has 6 rings (SSSR count). The number of ether oxygens (including phenoxy) is 2. The molecular formula is C36H45N7O3. The maximum Gasteiger partial charge on any atom is 0.319 e. The molecule has 2 aliphatic heterocycles. The summed E-state index contributed by atoms with van der Waals surface area (Å²) in [5, 5.41) is 15.0. The third kappa shape index (κ3) is 6.67. The molecule has 2 aromatic heterocycles. The first-order chi connectivity index (χ1) is 22.1. The summed E-state index contributed by atoms with van der Waals surface area (Å²) in [5.74, 6) is 1.11. The highest BCUT2D eigenvalue weighted by atomic mass is 16.5. The molecule has 46 heavy (non-hydrogen) atoms. The molecule has 0 saturated carbocycles. The number of hydrogen-bond acceptors (Lipinski definition) is 9. The maximum absolute atomic E-state index is 12.8. The number of piperazine rings is 1. The predicted octanol–water partition coefficient (Wildman–Crippen LogP) is 5.31. The molecule has 2 saturated heterocycles. The highest BCUT2D eigenvalue weighted by molar-refractivity contribution is 5.92. The van der Waals surface area contributed by atoms with E-state index in [0.717, 1.165) is 77.8 Å². The fourth-order valence-corrected chi connectivity index (χ4v) is 6.54. The molecule has 0 spiro atoms. The van der Waals surface area contributed by atoms with Gasteiger partial charge in [-0.2, -0.15) is 15.2 Å². The lowest BCUT2D eigenvalue weighted by Crippen LogP contribution is -2.51. The Morgan fingerprint density at radius 1 is 1.15 bits per heavy atom. The third-order valence-electron chi connectivity index (χ3n) is 9.18. The Bertz CT molecular complexity index is 1770. The number of rotatable bonds is 9. The van der Waals surface area contributed by atoms with E-state index in [0.29, 0.717) is 43.8 Å². The number of likely N-dealkylation sites (tertiary alicyclic amines) is 1. The van der Waals surface area contributed by atoms with E-state index >= 15 is 0 Å². The monoisotopic (exact) mass is 623 g/mol. The Kier molecular flexibility index (Phi) is 9.16. The van der Waals surface area contributed by atoms with Gasteiger partial charge in [-0.15, -0.1) is 0 Å². The van der Waals surface area contributed by atoms with Crippen molar-refractivity contribution in [2.45, 2.75) is 72.0 Å². The highest BCUT2D eigenvalue weighted by Crippen LogP contribution is 2.35. The number of likely N-dealkylation sites (N-methyl/N-ethyl adjacent to an activating group) is 1. The molecule has 0 radical (unpaired) electrons. The summed E-state index contributed by atoms with van der Waals surface area (Å²) in [7, 11) is 2.14. The van der Waals surface area contributed by atoms with Crippen LogP contribution >= 0.6 is 0 Å². The van der Waals surface area contributed by atoms with Crippen molar-refractivity contribution in [3.63, 3.8) is 0 Å². The van der Waals surface area contributed by atoms with Gasteiger partial charge in [0.05, 0.1) is 17.9 Å². The predicted molar refractivity (Wildman–Crippen MR) is 180 cm³/mol. The van der Waals surface area contributed by atoms with Crippen molar-refractivity contribution in [2.24, 2.45) is 5.41 Å². The van der Waals surface area contributed by atoms with Crippen molar-refractivity contribution in [3.05, 3.63) is 53.7 Å². The number of nitrogens with one attached hydrogen (secondary N) is 1. The molecule has 0 amide bonds. The molecule has 0 unspecified atom stereocenters. The lowest BCUT2D eigenvalue weighted by Gasteiger charge is -2.34. The van der Waals surface area contributed by atoms with Crippen LogP contribution in [0.1, 0.15) is 58.1 Å². The molecule has 0 aliphatic carbocycles. The number of aromatic nitrogens is 3. The minimum atomic E-state index is -0.617.